The SMILES string of the molecule is C[C@](S)(CS)Cc1ccn[nH]1. The van der Waals surface area contributed by atoms with Crippen molar-refractivity contribution in [3.63, 3.8) is 0 Å². The number of aromatic amines is 1. The van der Waals surface area contributed by atoms with Crippen LogP contribution in [0.2, 0.25) is 0 Å². The van der Waals surface area contributed by atoms with E-state index in [0.29, 0.717) is 0 Å². The zero-order chi connectivity index (χ0) is 8.32. The van der Waals surface area contributed by atoms with E-state index in [2.05, 4.69) is 42.4 Å². The normalized spacial score (nSPS) is 16.3. The predicted molar refractivity (Wildman–Crippen MR) is 53.5 cm³/mol. The summed E-state index contributed by atoms with van der Waals surface area (Å²) in [6.07, 6.45) is 2.62. The molecule has 0 fully saturated rings. The van der Waals surface area contributed by atoms with Crippen molar-refractivity contribution < 1.29 is 0 Å². The molecule has 1 atom stereocenters. The monoisotopic (exact) mass is 188 g/mol. The highest BCUT2D eigenvalue weighted by Crippen LogP contribution is 2.19. The second kappa shape index (κ2) is 3.54. The summed E-state index contributed by atoms with van der Waals surface area (Å²) in [5.74, 6) is 0.759. The fraction of sp³-hybridized carbons (Fsp3) is 0.571. The molecule has 1 N–H and O–H groups in total. The Morgan fingerprint density at radius 1 is 1.73 bits per heavy atom. The van der Waals surface area contributed by atoms with E-state index >= 15 is 0 Å². The summed E-state index contributed by atoms with van der Waals surface area (Å²) in [5.41, 5.74) is 1.11. The summed E-state index contributed by atoms with van der Waals surface area (Å²) >= 11 is 8.65. The molecule has 0 radical (unpaired) electrons. The van der Waals surface area contributed by atoms with Crippen LogP contribution in [-0.2, 0) is 6.42 Å². The minimum atomic E-state index is -0.0460. The van der Waals surface area contributed by atoms with Crippen LogP contribution < -0.4 is 0 Å². The van der Waals surface area contributed by atoms with Gasteiger partial charge in [-0.3, -0.25) is 5.10 Å². The molecule has 4 heteroatoms. The first-order chi connectivity index (χ1) is 5.14. The molecular weight excluding hydrogens is 176 g/mol. The highest BCUT2D eigenvalue weighted by atomic mass is 32.1. The van der Waals surface area contributed by atoms with E-state index in [4.69, 9.17) is 0 Å². The standard InChI is InChI=1S/C7H12N2S2/c1-7(11,5-10)4-6-2-3-8-9-6/h2-3,10-11H,4-5H2,1H3,(H,8,9)/t7-/m1/s1. The number of hydrogen-bond acceptors (Lipinski definition) is 3. The van der Waals surface area contributed by atoms with E-state index < -0.39 is 0 Å². The minimum absolute atomic E-state index is 0.0460. The zero-order valence-corrected chi connectivity index (χ0v) is 8.20. The number of aromatic nitrogens is 2. The molecule has 0 aliphatic heterocycles. The Labute approximate surface area is 77.6 Å². The Balaban J connectivity index is 2.56. The van der Waals surface area contributed by atoms with Crippen LogP contribution in [0.1, 0.15) is 12.6 Å². The largest absolute Gasteiger partial charge is 0.283 e. The summed E-state index contributed by atoms with van der Waals surface area (Å²) in [6.45, 7) is 2.06. The van der Waals surface area contributed by atoms with Gasteiger partial charge in [0.1, 0.15) is 0 Å². The highest BCUT2D eigenvalue weighted by molar-refractivity contribution is 7.85. The van der Waals surface area contributed by atoms with Crippen molar-refractivity contribution in [1.29, 1.82) is 0 Å². The van der Waals surface area contributed by atoms with Gasteiger partial charge >= 0.3 is 0 Å². The number of thiol groups is 2. The first-order valence-corrected chi connectivity index (χ1v) is 4.53. The lowest BCUT2D eigenvalue weighted by Crippen LogP contribution is -2.22. The quantitative estimate of drug-likeness (QED) is 0.617. The Hall–Kier alpha value is -0.0900. The van der Waals surface area contributed by atoms with Crippen LogP contribution in [0, 0.1) is 0 Å². The number of nitrogens with one attached hydrogen (secondary N) is 1. The van der Waals surface area contributed by atoms with Gasteiger partial charge in [-0.1, -0.05) is 0 Å². The van der Waals surface area contributed by atoms with E-state index in [1.165, 1.54) is 0 Å². The fourth-order valence-electron chi connectivity index (χ4n) is 0.849. The van der Waals surface area contributed by atoms with Crippen LogP contribution in [0.4, 0.5) is 0 Å². The van der Waals surface area contributed by atoms with Crippen molar-refractivity contribution in [1.82, 2.24) is 10.2 Å². The fourth-order valence-corrected chi connectivity index (χ4v) is 1.13. The third kappa shape index (κ3) is 2.79. The average Bonchev–Trinajstić information content (AvgIpc) is 2.39. The van der Waals surface area contributed by atoms with Crippen LogP contribution in [0.3, 0.4) is 0 Å². The molecular formula is C7H12N2S2. The molecule has 0 aliphatic carbocycles. The molecule has 0 spiro atoms. The summed E-state index contributed by atoms with van der Waals surface area (Å²) in [7, 11) is 0. The van der Waals surface area contributed by atoms with Crippen LogP contribution >= 0.6 is 25.3 Å². The van der Waals surface area contributed by atoms with Crippen molar-refractivity contribution in [2.45, 2.75) is 18.1 Å². The lowest BCUT2D eigenvalue weighted by atomic mass is 10.1. The molecule has 0 saturated heterocycles. The van der Waals surface area contributed by atoms with E-state index in [1.54, 1.807) is 6.20 Å². The third-order valence-electron chi connectivity index (χ3n) is 1.47. The highest BCUT2D eigenvalue weighted by Gasteiger charge is 2.17. The zero-order valence-electron chi connectivity index (χ0n) is 6.41. The number of rotatable bonds is 3. The number of nitrogens with zero attached hydrogens (tertiary/aromatic N) is 1. The van der Waals surface area contributed by atoms with Crippen LogP contribution in [0.15, 0.2) is 12.3 Å². The van der Waals surface area contributed by atoms with Crippen molar-refractivity contribution in [3.8, 4) is 0 Å². The van der Waals surface area contributed by atoms with Crippen LogP contribution in [0.25, 0.3) is 0 Å². The molecule has 1 aromatic rings. The molecule has 2 nitrogen and oxygen atoms in total. The van der Waals surface area contributed by atoms with Gasteiger partial charge in [-0.05, 0) is 13.0 Å². The number of H-pyrrole nitrogens is 1. The summed E-state index contributed by atoms with van der Waals surface area (Å²) in [5, 5.41) is 6.75. The average molecular weight is 188 g/mol. The summed E-state index contributed by atoms with van der Waals surface area (Å²) in [4.78, 5) is 0. The molecule has 0 aliphatic rings. The molecule has 1 rings (SSSR count). The smallest absolute Gasteiger partial charge is 0.0490 e. The van der Waals surface area contributed by atoms with Crippen LogP contribution in [0.5, 0.6) is 0 Å². The van der Waals surface area contributed by atoms with Crippen molar-refractivity contribution >= 4 is 25.3 Å². The van der Waals surface area contributed by atoms with E-state index in [-0.39, 0.29) is 4.75 Å². The van der Waals surface area contributed by atoms with Crippen molar-refractivity contribution in [2.75, 3.05) is 5.75 Å². The topological polar surface area (TPSA) is 28.7 Å². The first-order valence-electron chi connectivity index (χ1n) is 3.45. The van der Waals surface area contributed by atoms with E-state index in [1.807, 2.05) is 6.07 Å². The lowest BCUT2D eigenvalue weighted by molar-refractivity contribution is 0.708. The van der Waals surface area contributed by atoms with Gasteiger partial charge in [0.15, 0.2) is 0 Å². The lowest BCUT2D eigenvalue weighted by Gasteiger charge is -2.19. The van der Waals surface area contributed by atoms with Gasteiger partial charge in [-0.25, -0.2) is 0 Å². The molecule has 0 amide bonds. The summed E-state index contributed by atoms with van der Waals surface area (Å²) in [6, 6.07) is 1.96. The molecule has 0 aromatic carbocycles. The molecule has 1 heterocycles. The van der Waals surface area contributed by atoms with Crippen LogP contribution in [-0.4, -0.2) is 20.7 Å². The second-order valence-electron chi connectivity index (χ2n) is 2.91. The van der Waals surface area contributed by atoms with Gasteiger partial charge in [-0.2, -0.15) is 30.4 Å². The Kier molecular flexibility index (Phi) is 2.90. The van der Waals surface area contributed by atoms with Gasteiger partial charge in [-0.15, -0.1) is 0 Å². The molecule has 0 bridgehead atoms. The summed E-state index contributed by atoms with van der Waals surface area (Å²) < 4.78 is -0.0460. The third-order valence-corrected chi connectivity index (χ3v) is 2.73. The minimum Gasteiger partial charge on any atom is -0.283 e. The molecule has 0 saturated carbocycles. The van der Waals surface area contributed by atoms with Gasteiger partial charge in [0, 0.05) is 28.8 Å². The molecule has 1 aromatic heterocycles. The number of hydrogen-bond donors (Lipinski definition) is 3. The van der Waals surface area contributed by atoms with Gasteiger partial charge in [0.05, 0.1) is 0 Å². The Morgan fingerprint density at radius 3 is 2.91 bits per heavy atom. The van der Waals surface area contributed by atoms with Gasteiger partial charge in [0.2, 0.25) is 0 Å². The Morgan fingerprint density at radius 2 is 2.45 bits per heavy atom. The molecule has 62 valence electrons. The first kappa shape index (κ1) is 9.00. The maximum absolute atomic E-state index is 4.45. The second-order valence-corrected chi connectivity index (χ2v) is 4.31. The van der Waals surface area contributed by atoms with Crippen molar-refractivity contribution in [3.05, 3.63) is 18.0 Å². The Bertz CT molecular complexity index is 206. The molecule has 11 heavy (non-hydrogen) atoms. The van der Waals surface area contributed by atoms with E-state index in [9.17, 15) is 0 Å². The van der Waals surface area contributed by atoms with Gasteiger partial charge < -0.3 is 0 Å². The van der Waals surface area contributed by atoms with E-state index in [0.717, 1.165) is 17.9 Å². The predicted octanol–water partition coefficient (Wildman–Crippen LogP) is 1.57. The molecule has 0 unspecified atom stereocenters. The van der Waals surface area contributed by atoms with Gasteiger partial charge in [0.25, 0.3) is 0 Å². The maximum atomic E-state index is 4.45. The maximum Gasteiger partial charge on any atom is 0.0490 e. The van der Waals surface area contributed by atoms with Crippen molar-refractivity contribution in [2.24, 2.45) is 0 Å².